The topological polar surface area (TPSA) is 240 Å². The van der Waals surface area contributed by atoms with E-state index in [1.807, 2.05) is 6.92 Å². The fourth-order valence-electron chi connectivity index (χ4n) is 10.5. The molecule has 3 N–H and O–H groups in total. The Morgan fingerprint density at radius 3 is 2.25 bits per heavy atom. The zero-order chi connectivity index (χ0) is 47.3. The molecule has 4 fully saturated rings. The Hall–Kier alpha value is -5.33. The molecule has 3 aliphatic carbocycles. The number of esters is 3. The highest BCUT2D eigenvalue weighted by molar-refractivity contribution is 5.96. The Kier molecular flexibility index (Phi) is 13.5. The van der Waals surface area contributed by atoms with Crippen LogP contribution in [0.5, 0.6) is 0 Å². The molecule has 2 amide bonds. The number of unbranched alkanes of at least 4 members (excludes halogenated alkanes) is 2. The maximum atomic E-state index is 15.8. The summed E-state index contributed by atoms with van der Waals surface area (Å²) in [5.74, 6) is -6.06. The summed E-state index contributed by atoms with van der Waals surface area (Å²) in [6, 6.07) is 6.48. The van der Waals surface area contributed by atoms with Crippen molar-refractivity contribution >= 4 is 41.8 Å². The van der Waals surface area contributed by atoms with Crippen LogP contribution >= 0.6 is 0 Å². The summed E-state index contributed by atoms with van der Waals surface area (Å²) in [5.41, 5.74) is -7.48. The molecule has 1 aromatic carbocycles. The molecule has 64 heavy (non-hydrogen) atoms. The van der Waals surface area contributed by atoms with Gasteiger partial charge >= 0.3 is 30.2 Å². The van der Waals surface area contributed by atoms with Gasteiger partial charge in [-0.3, -0.25) is 14.4 Å². The minimum Gasteiger partial charge on any atom is -0.454 e. The quantitative estimate of drug-likeness (QED) is 0.110. The standard InChI is InChI=1S/C46H60N2O16/c1-11-12-14-19-30(51)47-27(20-23(2)3)32(52)40(55)59-33-24(4)31-34(60-41(56)48(9)10)36(53)44(8)28(50)21-29-45(22-58-29,63-25(5)49)35(44)38(61-39(54)26-17-15-13-16-18-26)46(43(31,6)7)37(33)62-42(57)64-46/h13,15-18,20,27-29,32-35,37-38,50,52H,11-12,14,19,21-22H2,1-10H3,(H,47,51)/t27-,28-,29+,32+,33+,34+,35?,37-,38-,44+,45-,46+/m0/s1. The first-order valence-electron chi connectivity index (χ1n) is 21.6. The Balaban J connectivity index is 1.62. The summed E-state index contributed by atoms with van der Waals surface area (Å²) in [5, 5.41) is 26.6. The van der Waals surface area contributed by atoms with E-state index in [-0.39, 0.29) is 36.2 Å². The van der Waals surface area contributed by atoms with Crippen LogP contribution in [-0.2, 0) is 52.3 Å². The number of nitrogens with one attached hydrogen (secondary N) is 1. The zero-order valence-electron chi connectivity index (χ0n) is 38.0. The zero-order valence-corrected chi connectivity index (χ0v) is 38.0. The largest absolute Gasteiger partial charge is 0.509 e. The lowest BCUT2D eigenvalue weighted by atomic mass is 9.44. The van der Waals surface area contributed by atoms with E-state index in [2.05, 4.69) is 5.32 Å². The molecule has 12 atom stereocenters. The number of benzene rings is 1. The number of Topliss-reactive ketones (excluding diaryl/α,β-unsaturated/α-hetero) is 1. The van der Waals surface area contributed by atoms with Crippen LogP contribution in [0.2, 0.25) is 0 Å². The fraction of sp³-hybridized carbons (Fsp3) is 0.630. The fourth-order valence-corrected chi connectivity index (χ4v) is 10.5. The van der Waals surface area contributed by atoms with Crippen LogP contribution in [0.15, 0.2) is 53.1 Å². The smallest absolute Gasteiger partial charge is 0.454 e. The van der Waals surface area contributed by atoms with Crippen LogP contribution in [0, 0.1) is 16.7 Å². The van der Waals surface area contributed by atoms with Gasteiger partial charge in [0.05, 0.1) is 35.6 Å². The average Bonchev–Trinajstić information content (AvgIpc) is 3.59. The van der Waals surface area contributed by atoms with E-state index >= 15 is 4.79 Å². The summed E-state index contributed by atoms with van der Waals surface area (Å²) in [6.07, 6.45) is -10.8. The van der Waals surface area contributed by atoms with Crippen molar-refractivity contribution in [1.29, 1.82) is 0 Å². The van der Waals surface area contributed by atoms with E-state index in [4.69, 9.17) is 33.2 Å². The average molecular weight is 897 g/mol. The number of rotatable bonds is 13. The number of fused-ring (bicyclic) bond motifs is 4. The highest BCUT2D eigenvalue weighted by Crippen LogP contribution is 2.67. The molecule has 18 heteroatoms. The monoisotopic (exact) mass is 896 g/mol. The lowest BCUT2D eigenvalue weighted by Crippen LogP contribution is -2.83. The van der Waals surface area contributed by atoms with Crippen molar-refractivity contribution in [2.24, 2.45) is 16.7 Å². The van der Waals surface area contributed by atoms with Crippen LogP contribution in [0.25, 0.3) is 0 Å². The number of hydrogen-bond acceptors (Lipinski definition) is 16. The first-order chi connectivity index (χ1) is 30.0. The third kappa shape index (κ3) is 7.95. The summed E-state index contributed by atoms with van der Waals surface area (Å²) in [4.78, 5) is 99.6. The van der Waals surface area contributed by atoms with Crippen molar-refractivity contribution < 1.29 is 76.9 Å². The maximum Gasteiger partial charge on any atom is 0.509 e. The predicted octanol–water partition coefficient (Wildman–Crippen LogP) is 3.88. The highest BCUT2D eigenvalue weighted by atomic mass is 16.8. The van der Waals surface area contributed by atoms with E-state index in [1.165, 1.54) is 46.2 Å². The van der Waals surface area contributed by atoms with E-state index in [1.54, 1.807) is 45.9 Å². The third-order valence-corrected chi connectivity index (χ3v) is 13.6. The van der Waals surface area contributed by atoms with Crippen molar-refractivity contribution in [2.75, 3.05) is 20.7 Å². The molecule has 2 aliphatic heterocycles. The van der Waals surface area contributed by atoms with Gasteiger partial charge in [-0.1, -0.05) is 63.5 Å². The second kappa shape index (κ2) is 17.9. The number of ether oxygens (including phenoxy) is 7. The Labute approximate surface area is 371 Å². The van der Waals surface area contributed by atoms with E-state index in [0.29, 0.717) is 12.0 Å². The molecule has 2 heterocycles. The molecule has 2 bridgehead atoms. The van der Waals surface area contributed by atoms with Gasteiger partial charge in [0.2, 0.25) is 11.5 Å². The van der Waals surface area contributed by atoms with Gasteiger partial charge in [0, 0.05) is 39.3 Å². The number of allylic oxidation sites excluding steroid dienone is 1. The number of aliphatic hydroxyl groups is 2. The van der Waals surface area contributed by atoms with Crippen molar-refractivity contribution in [3.8, 4) is 0 Å². The molecule has 0 radical (unpaired) electrons. The van der Waals surface area contributed by atoms with Crippen molar-refractivity contribution in [1.82, 2.24) is 10.2 Å². The molecule has 1 spiro atoms. The molecule has 5 aliphatic rings. The van der Waals surface area contributed by atoms with E-state index < -0.39 is 119 Å². The summed E-state index contributed by atoms with van der Waals surface area (Å²) < 4.78 is 43.2. The molecular formula is C46H60N2O16. The van der Waals surface area contributed by atoms with Crippen molar-refractivity contribution in [2.45, 2.75) is 147 Å². The van der Waals surface area contributed by atoms with Gasteiger partial charge in [-0.25, -0.2) is 19.2 Å². The lowest BCUT2D eigenvalue weighted by Gasteiger charge is -2.67. The van der Waals surface area contributed by atoms with Gasteiger partial charge in [0.1, 0.15) is 6.10 Å². The van der Waals surface area contributed by atoms with Gasteiger partial charge in [-0.05, 0) is 57.4 Å². The number of carbonyl (C=O) groups is 7. The molecule has 1 unspecified atom stereocenters. The second-order valence-electron chi connectivity index (χ2n) is 18.6. The van der Waals surface area contributed by atoms with Crippen LogP contribution < -0.4 is 5.32 Å². The Morgan fingerprint density at radius 2 is 1.67 bits per heavy atom. The number of hydrogen-bond donors (Lipinski definition) is 3. The predicted molar refractivity (Wildman–Crippen MR) is 223 cm³/mol. The first kappa shape index (κ1) is 48.1. The van der Waals surface area contributed by atoms with Crippen molar-refractivity contribution in [3.05, 3.63) is 58.7 Å². The van der Waals surface area contributed by atoms with Crippen LogP contribution in [0.3, 0.4) is 0 Å². The van der Waals surface area contributed by atoms with Crippen LogP contribution in [0.1, 0.15) is 97.9 Å². The van der Waals surface area contributed by atoms with Crippen molar-refractivity contribution in [3.63, 3.8) is 0 Å². The number of carbonyl (C=O) groups excluding carboxylic acids is 7. The number of aliphatic hydroxyl groups excluding tert-OH is 2. The summed E-state index contributed by atoms with van der Waals surface area (Å²) >= 11 is 0. The summed E-state index contributed by atoms with van der Waals surface area (Å²) in [6.45, 7) is 12.1. The van der Waals surface area contributed by atoms with Crippen LogP contribution in [0.4, 0.5) is 9.59 Å². The van der Waals surface area contributed by atoms with Gasteiger partial charge in [0.25, 0.3) is 0 Å². The second-order valence-corrected chi connectivity index (χ2v) is 18.6. The van der Waals surface area contributed by atoms with E-state index in [0.717, 1.165) is 24.7 Å². The normalized spacial score (nSPS) is 33.0. The Morgan fingerprint density at radius 1 is 1.00 bits per heavy atom. The molecule has 18 nitrogen and oxygen atoms in total. The first-order valence-corrected chi connectivity index (χ1v) is 21.6. The molecule has 1 aromatic rings. The SMILES string of the molecule is CCCCCC(=O)N[C@@H](C=C(C)C)[C@@H](O)C(=O)O[C@@H]1C(C)=C2[C@@H](OC(=O)N(C)C)C(=O)[C@@]3(C)C([C@H](OC(=O)c4ccccc4)[C@@]4(OC(=O)O[C@@H]14)C2(C)C)[C@]1(OC(C)=O)CO[C@@H]1C[C@@H]3O. The Bertz CT molecular complexity index is 2110. The molecule has 350 valence electrons. The van der Waals surface area contributed by atoms with Gasteiger partial charge in [0.15, 0.2) is 41.9 Å². The van der Waals surface area contributed by atoms with Gasteiger partial charge < -0.3 is 53.6 Å². The maximum absolute atomic E-state index is 15.8. The van der Waals surface area contributed by atoms with Gasteiger partial charge in [-0.15, -0.1) is 0 Å². The third-order valence-electron chi connectivity index (χ3n) is 13.6. The molecule has 6 rings (SSSR count). The summed E-state index contributed by atoms with van der Waals surface area (Å²) in [7, 11) is 2.77. The number of amides is 2. The minimum absolute atomic E-state index is 0.0293. The lowest BCUT2D eigenvalue weighted by molar-refractivity contribution is -0.345. The molecule has 2 saturated carbocycles. The van der Waals surface area contributed by atoms with Crippen LogP contribution in [-0.4, -0.2) is 138 Å². The van der Waals surface area contributed by atoms with E-state index in [9.17, 15) is 39.0 Å². The number of ketones is 1. The molecule has 0 aromatic heterocycles. The van der Waals surface area contributed by atoms with Gasteiger partial charge in [-0.2, -0.15) is 0 Å². The number of nitrogens with zero attached hydrogens (tertiary/aromatic N) is 1. The minimum atomic E-state index is -2.37. The highest BCUT2D eigenvalue weighted by Gasteiger charge is 2.83. The molecule has 2 saturated heterocycles. The molecular weight excluding hydrogens is 837 g/mol.